The lowest BCUT2D eigenvalue weighted by Gasteiger charge is -2.11. The van der Waals surface area contributed by atoms with Crippen LogP contribution in [-0.4, -0.2) is 24.0 Å². The number of hydrogen-bond acceptors (Lipinski definition) is 3. The molecule has 0 aliphatic heterocycles. The molecule has 0 aliphatic rings. The van der Waals surface area contributed by atoms with E-state index in [1.807, 2.05) is 19.1 Å². The van der Waals surface area contributed by atoms with E-state index in [1.165, 1.54) is 12.1 Å². The number of pyridine rings is 1. The number of ether oxygens (including phenoxy) is 1. The van der Waals surface area contributed by atoms with E-state index in [2.05, 4.69) is 27.5 Å². The Morgan fingerprint density at radius 1 is 1.21 bits per heavy atom. The number of nitrogens with one attached hydrogen (secondary N) is 2. The SMILES string of the molecule is CCCNC(=NCc1cccnc1Oc1cccc(F)c1)NCC. The number of benzene rings is 1. The minimum atomic E-state index is -0.346. The number of halogens is 1. The Kier molecular flexibility index (Phi) is 7.01. The van der Waals surface area contributed by atoms with Crippen molar-refractivity contribution >= 4 is 5.96 Å². The number of guanidine groups is 1. The Bertz CT molecular complexity index is 676. The van der Waals surface area contributed by atoms with Crippen molar-refractivity contribution in [2.24, 2.45) is 4.99 Å². The van der Waals surface area contributed by atoms with Crippen LogP contribution in [0, 0.1) is 5.82 Å². The second-order valence-corrected chi connectivity index (χ2v) is 5.15. The standard InChI is InChI=1S/C18H23FN4O/c1-3-10-22-18(20-4-2)23-13-14-7-6-11-21-17(14)24-16-9-5-8-15(19)12-16/h5-9,11-12H,3-4,10,13H2,1-2H3,(H2,20,22,23). The first-order valence-corrected chi connectivity index (χ1v) is 8.12. The van der Waals surface area contributed by atoms with Gasteiger partial charge in [0, 0.05) is 30.9 Å². The summed E-state index contributed by atoms with van der Waals surface area (Å²) < 4.78 is 19.0. The molecule has 5 nitrogen and oxygen atoms in total. The molecule has 0 aliphatic carbocycles. The van der Waals surface area contributed by atoms with Crippen molar-refractivity contribution in [3.8, 4) is 11.6 Å². The topological polar surface area (TPSA) is 58.5 Å². The highest BCUT2D eigenvalue weighted by atomic mass is 19.1. The van der Waals surface area contributed by atoms with Gasteiger partial charge in [0.05, 0.1) is 6.54 Å². The molecule has 0 spiro atoms. The van der Waals surface area contributed by atoms with E-state index in [4.69, 9.17) is 4.74 Å². The lowest BCUT2D eigenvalue weighted by molar-refractivity contribution is 0.452. The quantitative estimate of drug-likeness (QED) is 0.603. The molecule has 1 heterocycles. The lowest BCUT2D eigenvalue weighted by atomic mass is 10.2. The van der Waals surface area contributed by atoms with Gasteiger partial charge in [0.15, 0.2) is 5.96 Å². The molecular weight excluding hydrogens is 307 g/mol. The molecule has 6 heteroatoms. The fraction of sp³-hybridized carbons (Fsp3) is 0.333. The maximum Gasteiger partial charge on any atom is 0.224 e. The van der Waals surface area contributed by atoms with Gasteiger partial charge in [0.2, 0.25) is 5.88 Å². The summed E-state index contributed by atoms with van der Waals surface area (Å²) in [6.07, 6.45) is 2.66. The minimum absolute atomic E-state index is 0.346. The van der Waals surface area contributed by atoms with E-state index in [1.54, 1.807) is 18.3 Å². The predicted molar refractivity (Wildman–Crippen MR) is 93.8 cm³/mol. The van der Waals surface area contributed by atoms with E-state index >= 15 is 0 Å². The Labute approximate surface area is 142 Å². The van der Waals surface area contributed by atoms with Crippen LogP contribution in [0.15, 0.2) is 47.6 Å². The first-order valence-electron chi connectivity index (χ1n) is 8.12. The van der Waals surface area contributed by atoms with Crippen LogP contribution in [0.1, 0.15) is 25.8 Å². The van der Waals surface area contributed by atoms with Gasteiger partial charge in [0.1, 0.15) is 11.6 Å². The molecular formula is C18H23FN4O. The maximum atomic E-state index is 13.3. The van der Waals surface area contributed by atoms with Gasteiger partial charge < -0.3 is 15.4 Å². The first kappa shape index (κ1) is 17.7. The summed E-state index contributed by atoms with van der Waals surface area (Å²) >= 11 is 0. The highest BCUT2D eigenvalue weighted by molar-refractivity contribution is 5.79. The molecule has 128 valence electrons. The molecule has 1 aromatic carbocycles. The van der Waals surface area contributed by atoms with E-state index in [9.17, 15) is 4.39 Å². The zero-order valence-electron chi connectivity index (χ0n) is 14.1. The third kappa shape index (κ3) is 5.53. The summed E-state index contributed by atoms with van der Waals surface area (Å²) in [5.74, 6) is 1.24. The molecule has 0 fully saturated rings. The number of aromatic nitrogens is 1. The second kappa shape index (κ2) is 9.50. The number of nitrogens with zero attached hydrogens (tertiary/aromatic N) is 2. The molecule has 0 unspecified atom stereocenters. The third-order valence-corrected chi connectivity index (χ3v) is 3.15. The van der Waals surface area contributed by atoms with E-state index in [0.29, 0.717) is 18.2 Å². The fourth-order valence-corrected chi connectivity index (χ4v) is 2.03. The zero-order chi connectivity index (χ0) is 17.2. The van der Waals surface area contributed by atoms with Crippen LogP contribution < -0.4 is 15.4 Å². The Morgan fingerprint density at radius 2 is 2.08 bits per heavy atom. The van der Waals surface area contributed by atoms with Crippen molar-refractivity contribution in [3.05, 3.63) is 54.0 Å². The Balaban J connectivity index is 2.12. The number of rotatable bonds is 7. The Hall–Kier alpha value is -2.63. The average Bonchev–Trinajstić information content (AvgIpc) is 2.58. The van der Waals surface area contributed by atoms with Gasteiger partial charge in [-0.15, -0.1) is 0 Å². The van der Waals surface area contributed by atoms with E-state index in [-0.39, 0.29) is 5.82 Å². The van der Waals surface area contributed by atoms with E-state index < -0.39 is 0 Å². The summed E-state index contributed by atoms with van der Waals surface area (Å²) in [6.45, 7) is 6.17. The Morgan fingerprint density at radius 3 is 2.83 bits per heavy atom. The van der Waals surface area contributed by atoms with Crippen LogP contribution >= 0.6 is 0 Å². The second-order valence-electron chi connectivity index (χ2n) is 5.15. The number of hydrogen-bond donors (Lipinski definition) is 2. The number of aliphatic imine (C=N–C) groups is 1. The van der Waals surface area contributed by atoms with Crippen molar-refractivity contribution in [1.82, 2.24) is 15.6 Å². The van der Waals surface area contributed by atoms with Crippen LogP contribution in [0.4, 0.5) is 4.39 Å². The van der Waals surface area contributed by atoms with Gasteiger partial charge in [-0.3, -0.25) is 0 Å². The van der Waals surface area contributed by atoms with Crippen molar-refractivity contribution < 1.29 is 9.13 Å². The summed E-state index contributed by atoms with van der Waals surface area (Å²) in [4.78, 5) is 8.78. The summed E-state index contributed by atoms with van der Waals surface area (Å²) in [5.41, 5.74) is 0.829. The van der Waals surface area contributed by atoms with Gasteiger partial charge in [-0.1, -0.05) is 19.1 Å². The monoisotopic (exact) mass is 330 g/mol. The largest absolute Gasteiger partial charge is 0.439 e. The van der Waals surface area contributed by atoms with Crippen LogP contribution in [0.3, 0.4) is 0 Å². The lowest BCUT2D eigenvalue weighted by Crippen LogP contribution is -2.37. The zero-order valence-corrected chi connectivity index (χ0v) is 14.1. The van der Waals surface area contributed by atoms with Crippen LogP contribution in [0.2, 0.25) is 0 Å². The summed E-state index contributed by atoms with van der Waals surface area (Å²) in [6, 6.07) is 9.72. The van der Waals surface area contributed by atoms with Gasteiger partial charge in [-0.05, 0) is 31.5 Å². The van der Waals surface area contributed by atoms with Gasteiger partial charge in [-0.2, -0.15) is 0 Å². The van der Waals surface area contributed by atoms with Crippen LogP contribution in [-0.2, 0) is 6.54 Å². The fourth-order valence-electron chi connectivity index (χ4n) is 2.03. The van der Waals surface area contributed by atoms with E-state index in [0.717, 1.165) is 31.0 Å². The third-order valence-electron chi connectivity index (χ3n) is 3.15. The molecule has 0 atom stereocenters. The summed E-state index contributed by atoms with van der Waals surface area (Å²) in [7, 11) is 0. The van der Waals surface area contributed by atoms with Gasteiger partial charge in [-0.25, -0.2) is 14.4 Å². The molecule has 0 amide bonds. The first-order chi connectivity index (χ1) is 11.7. The predicted octanol–water partition coefficient (Wildman–Crippen LogP) is 3.48. The molecule has 2 aromatic rings. The van der Waals surface area contributed by atoms with Crippen LogP contribution in [0.25, 0.3) is 0 Å². The molecule has 1 aromatic heterocycles. The molecule has 0 saturated heterocycles. The van der Waals surface area contributed by atoms with Crippen molar-refractivity contribution in [1.29, 1.82) is 0 Å². The van der Waals surface area contributed by atoms with Crippen molar-refractivity contribution in [2.75, 3.05) is 13.1 Å². The summed E-state index contributed by atoms with van der Waals surface area (Å²) in [5, 5.41) is 6.44. The molecule has 0 saturated carbocycles. The molecule has 24 heavy (non-hydrogen) atoms. The minimum Gasteiger partial charge on any atom is -0.439 e. The maximum absolute atomic E-state index is 13.3. The molecule has 0 radical (unpaired) electrons. The average molecular weight is 330 g/mol. The highest BCUT2D eigenvalue weighted by Gasteiger charge is 2.07. The highest BCUT2D eigenvalue weighted by Crippen LogP contribution is 2.23. The van der Waals surface area contributed by atoms with Crippen LogP contribution in [0.5, 0.6) is 11.6 Å². The molecule has 2 rings (SSSR count). The molecule has 0 bridgehead atoms. The molecule has 2 N–H and O–H groups in total. The van der Waals surface area contributed by atoms with Crippen molar-refractivity contribution in [2.45, 2.75) is 26.8 Å². The van der Waals surface area contributed by atoms with Gasteiger partial charge in [0.25, 0.3) is 0 Å². The normalized spacial score (nSPS) is 11.2. The smallest absolute Gasteiger partial charge is 0.224 e. The van der Waals surface area contributed by atoms with Crippen molar-refractivity contribution in [3.63, 3.8) is 0 Å². The van der Waals surface area contributed by atoms with Gasteiger partial charge >= 0.3 is 0 Å².